The van der Waals surface area contributed by atoms with E-state index < -0.39 is 0 Å². The molecule has 1 unspecified atom stereocenters. The lowest BCUT2D eigenvalue weighted by atomic mass is 10.1. The molecule has 0 aliphatic rings. The molecule has 18 heavy (non-hydrogen) atoms. The van der Waals surface area contributed by atoms with Crippen LogP contribution in [0.4, 0.5) is 5.69 Å². The quantitative estimate of drug-likeness (QED) is 0.846. The lowest BCUT2D eigenvalue weighted by molar-refractivity contribution is 0.0944. The summed E-state index contributed by atoms with van der Waals surface area (Å²) in [5.74, 6) is -0.162. The van der Waals surface area contributed by atoms with E-state index in [4.69, 9.17) is 17.3 Å². The van der Waals surface area contributed by atoms with E-state index >= 15 is 0 Å². The van der Waals surface area contributed by atoms with Gasteiger partial charge in [0.2, 0.25) is 0 Å². The van der Waals surface area contributed by atoms with Gasteiger partial charge < -0.3 is 11.1 Å². The van der Waals surface area contributed by atoms with E-state index in [9.17, 15) is 4.79 Å². The van der Waals surface area contributed by atoms with Crippen LogP contribution in [0.3, 0.4) is 0 Å². The third-order valence-corrected chi connectivity index (χ3v) is 3.92. The minimum atomic E-state index is -0.162. The summed E-state index contributed by atoms with van der Waals surface area (Å²) in [6, 6.07) is 9.06. The first-order valence-corrected chi connectivity index (χ1v) is 6.73. The summed E-state index contributed by atoms with van der Waals surface area (Å²) in [7, 11) is 0. The molecule has 94 valence electrons. The van der Waals surface area contributed by atoms with Gasteiger partial charge in [-0.25, -0.2) is 0 Å². The van der Waals surface area contributed by atoms with Gasteiger partial charge in [0.25, 0.3) is 5.91 Å². The molecule has 5 heteroatoms. The number of nitrogen functional groups attached to an aromatic ring is 1. The molecule has 0 radical (unpaired) electrons. The van der Waals surface area contributed by atoms with Crippen molar-refractivity contribution in [2.45, 2.75) is 13.0 Å². The fourth-order valence-electron chi connectivity index (χ4n) is 1.63. The predicted octanol–water partition coefficient (Wildman–Crippen LogP) is 3.47. The molecule has 1 aromatic carbocycles. The smallest absolute Gasteiger partial charge is 0.263 e. The molecule has 1 heterocycles. The molecule has 0 spiro atoms. The Morgan fingerprint density at radius 3 is 2.83 bits per heavy atom. The number of hydrogen-bond acceptors (Lipinski definition) is 3. The van der Waals surface area contributed by atoms with Crippen LogP contribution in [0, 0.1) is 0 Å². The van der Waals surface area contributed by atoms with Crippen molar-refractivity contribution in [3.05, 3.63) is 51.2 Å². The minimum absolute atomic E-state index is 0.112. The molecule has 2 aromatic rings. The largest absolute Gasteiger partial charge is 0.399 e. The standard InChI is InChI=1S/C13H13ClN2OS/c1-8(9-3-2-4-10(15)7-9)16-13(17)12-11(14)5-6-18-12/h2-8H,15H2,1H3,(H,16,17). The first kappa shape index (κ1) is 12.9. The molecule has 3 nitrogen and oxygen atoms in total. The van der Waals surface area contributed by atoms with E-state index in [0.717, 1.165) is 5.56 Å². The van der Waals surface area contributed by atoms with Crippen molar-refractivity contribution < 1.29 is 4.79 Å². The Kier molecular flexibility index (Phi) is 3.89. The zero-order valence-corrected chi connectivity index (χ0v) is 11.4. The second kappa shape index (κ2) is 5.42. The van der Waals surface area contributed by atoms with E-state index in [-0.39, 0.29) is 11.9 Å². The highest BCUT2D eigenvalue weighted by Gasteiger charge is 2.15. The second-order valence-corrected chi connectivity index (χ2v) is 5.29. The van der Waals surface area contributed by atoms with Crippen molar-refractivity contribution in [3.63, 3.8) is 0 Å². The second-order valence-electron chi connectivity index (χ2n) is 3.96. The van der Waals surface area contributed by atoms with E-state index in [1.165, 1.54) is 11.3 Å². The molecule has 3 N–H and O–H groups in total. The average molecular weight is 281 g/mol. The number of anilines is 1. The van der Waals surface area contributed by atoms with Crippen LogP contribution in [-0.2, 0) is 0 Å². The number of amides is 1. The average Bonchev–Trinajstić information content (AvgIpc) is 2.75. The number of hydrogen-bond donors (Lipinski definition) is 2. The number of carbonyl (C=O) groups excluding carboxylic acids is 1. The first-order valence-electron chi connectivity index (χ1n) is 5.47. The van der Waals surface area contributed by atoms with Gasteiger partial charge >= 0.3 is 0 Å². The number of carbonyl (C=O) groups is 1. The Morgan fingerprint density at radius 2 is 2.22 bits per heavy atom. The summed E-state index contributed by atoms with van der Waals surface area (Å²) in [5.41, 5.74) is 7.37. The van der Waals surface area contributed by atoms with Crippen LogP contribution in [0.25, 0.3) is 0 Å². The van der Waals surface area contributed by atoms with Gasteiger partial charge in [-0.05, 0) is 36.1 Å². The number of halogens is 1. The molecular weight excluding hydrogens is 268 g/mol. The number of nitrogens with one attached hydrogen (secondary N) is 1. The van der Waals surface area contributed by atoms with Gasteiger partial charge in [0.05, 0.1) is 11.1 Å². The van der Waals surface area contributed by atoms with Gasteiger partial charge in [0, 0.05) is 5.69 Å². The Labute approximate surface area is 115 Å². The van der Waals surface area contributed by atoms with Gasteiger partial charge in [0.15, 0.2) is 0 Å². The molecule has 0 fully saturated rings. The lowest BCUT2D eigenvalue weighted by Gasteiger charge is -2.14. The van der Waals surface area contributed by atoms with Gasteiger partial charge in [-0.2, -0.15) is 0 Å². The van der Waals surface area contributed by atoms with Crippen molar-refractivity contribution in [2.75, 3.05) is 5.73 Å². The third kappa shape index (κ3) is 2.83. The van der Waals surface area contributed by atoms with E-state index in [1.807, 2.05) is 31.2 Å². The van der Waals surface area contributed by atoms with Crippen molar-refractivity contribution in [3.8, 4) is 0 Å². The summed E-state index contributed by atoms with van der Waals surface area (Å²) < 4.78 is 0. The molecular formula is C13H13ClN2OS. The SMILES string of the molecule is CC(NC(=O)c1sccc1Cl)c1cccc(N)c1. The fraction of sp³-hybridized carbons (Fsp3) is 0.154. The molecule has 0 aliphatic heterocycles. The van der Waals surface area contributed by atoms with Gasteiger partial charge in [-0.15, -0.1) is 11.3 Å². The van der Waals surface area contributed by atoms with E-state index in [1.54, 1.807) is 11.4 Å². The summed E-state index contributed by atoms with van der Waals surface area (Å²) in [4.78, 5) is 12.5. The molecule has 0 saturated carbocycles. The highest BCUT2D eigenvalue weighted by atomic mass is 35.5. The Balaban J connectivity index is 2.10. The molecule has 0 bridgehead atoms. The molecule has 0 saturated heterocycles. The summed E-state index contributed by atoms with van der Waals surface area (Å²) >= 11 is 7.25. The van der Waals surface area contributed by atoms with E-state index in [2.05, 4.69) is 5.32 Å². The van der Waals surface area contributed by atoms with Crippen LogP contribution in [0.1, 0.15) is 28.2 Å². The zero-order chi connectivity index (χ0) is 13.1. The molecule has 0 aliphatic carbocycles. The summed E-state index contributed by atoms with van der Waals surface area (Å²) in [6.45, 7) is 1.91. The number of benzene rings is 1. The predicted molar refractivity (Wildman–Crippen MR) is 76.1 cm³/mol. The zero-order valence-electron chi connectivity index (χ0n) is 9.81. The normalized spacial score (nSPS) is 12.1. The van der Waals surface area contributed by atoms with Crippen LogP contribution in [0.2, 0.25) is 5.02 Å². The van der Waals surface area contributed by atoms with Gasteiger partial charge in [0.1, 0.15) is 4.88 Å². The molecule has 1 atom stereocenters. The number of thiophene rings is 1. The van der Waals surface area contributed by atoms with Gasteiger partial charge in [-0.3, -0.25) is 4.79 Å². The Hall–Kier alpha value is -1.52. The summed E-state index contributed by atoms with van der Waals surface area (Å²) in [5, 5.41) is 5.18. The van der Waals surface area contributed by atoms with Crippen molar-refractivity contribution >= 4 is 34.5 Å². The highest BCUT2D eigenvalue weighted by molar-refractivity contribution is 7.12. The first-order chi connectivity index (χ1) is 8.58. The monoisotopic (exact) mass is 280 g/mol. The van der Waals surface area contributed by atoms with Crippen molar-refractivity contribution in [1.82, 2.24) is 5.32 Å². The fourth-order valence-corrected chi connectivity index (χ4v) is 2.67. The van der Waals surface area contributed by atoms with Crippen LogP contribution in [0.15, 0.2) is 35.7 Å². The topological polar surface area (TPSA) is 55.1 Å². The van der Waals surface area contributed by atoms with Crippen LogP contribution < -0.4 is 11.1 Å². The van der Waals surface area contributed by atoms with Crippen LogP contribution in [-0.4, -0.2) is 5.91 Å². The maximum Gasteiger partial charge on any atom is 0.263 e. The Bertz CT molecular complexity index is 568. The lowest BCUT2D eigenvalue weighted by Crippen LogP contribution is -2.26. The molecule has 1 aromatic heterocycles. The van der Waals surface area contributed by atoms with Crippen LogP contribution in [0.5, 0.6) is 0 Å². The number of rotatable bonds is 3. The van der Waals surface area contributed by atoms with Crippen molar-refractivity contribution in [2.24, 2.45) is 0 Å². The number of nitrogens with two attached hydrogens (primary N) is 1. The van der Waals surface area contributed by atoms with E-state index in [0.29, 0.717) is 15.6 Å². The third-order valence-electron chi connectivity index (χ3n) is 2.58. The molecule has 1 amide bonds. The van der Waals surface area contributed by atoms with Crippen molar-refractivity contribution in [1.29, 1.82) is 0 Å². The Morgan fingerprint density at radius 1 is 1.44 bits per heavy atom. The highest BCUT2D eigenvalue weighted by Crippen LogP contribution is 2.23. The molecule has 2 rings (SSSR count). The maximum absolute atomic E-state index is 12.0. The summed E-state index contributed by atoms with van der Waals surface area (Å²) in [6.07, 6.45) is 0. The van der Waals surface area contributed by atoms with Crippen LogP contribution >= 0.6 is 22.9 Å². The maximum atomic E-state index is 12.0. The minimum Gasteiger partial charge on any atom is -0.399 e. The van der Waals surface area contributed by atoms with Gasteiger partial charge in [-0.1, -0.05) is 23.7 Å².